The molecule has 3 rings (SSSR count). The Balaban J connectivity index is 1.94. The molecule has 1 unspecified atom stereocenters. The van der Waals surface area contributed by atoms with E-state index in [0.29, 0.717) is 5.69 Å². The number of thioether (sulfide) groups is 1. The van der Waals surface area contributed by atoms with Gasteiger partial charge in [-0.25, -0.2) is 4.79 Å². The van der Waals surface area contributed by atoms with Gasteiger partial charge in [-0.15, -0.1) is 11.8 Å². The molecule has 0 radical (unpaired) electrons. The lowest BCUT2D eigenvalue weighted by Crippen LogP contribution is -2.45. The molecule has 10 nitrogen and oxygen atoms in total. The van der Waals surface area contributed by atoms with Crippen molar-refractivity contribution in [3.63, 3.8) is 0 Å². The number of aromatic nitrogens is 2. The van der Waals surface area contributed by atoms with E-state index in [-0.39, 0.29) is 56.0 Å². The molecule has 0 saturated carbocycles. The maximum Gasteiger partial charge on any atom is 0.330 e. The summed E-state index contributed by atoms with van der Waals surface area (Å²) in [5.41, 5.74) is 5.48. The Morgan fingerprint density at radius 2 is 1.94 bits per heavy atom. The molecule has 34 heavy (non-hydrogen) atoms. The molecule has 0 bridgehead atoms. The van der Waals surface area contributed by atoms with Crippen LogP contribution in [0.25, 0.3) is 0 Å². The molecule has 1 aliphatic rings. The van der Waals surface area contributed by atoms with E-state index < -0.39 is 23.1 Å². The van der Waals surface area contributed by atoms with Crippen molar-refractivity contribution in [2.24, 2.45) is 11.8 Å². The van der Waals surface area contributed by atoms with Gasteiger partial charge in [0.05, 0.1) is 12.5 Å². The van der Waals surface area contributed by atoms with E-state index in [1.165, 1.54) is 16.6 Å². The zero-order valence-corrected chi connectivity index (χ0v) is 20.7. The van der Waals surface area contributed by atoms with E-state index in [0.717, 1.165) is 4.90 Å². The number of nitrogens with one attached hydrogen (secondary N) is 1. The first-order valence-electron chi connectivity index (χ1n) is 11.0. The Morgan fingerprint density at radius 1 is 1.26 bits per heavy atom. The Hall–Kier alpha value is -3.05. The number of nitrogens with two attached hydrogens (primary N) is 1. The molecule has 184 valence electrons. The predicted molar refractivity (Wildman–Crippen MR) is 133 cm³/mol. The highest BCUT2D eigenvalue weighted by atomic mass is 32.2. The van der Waals surface area contributed by atoms with Gasteiger partial charge in [0.15, 0.2) is 5.69 Å². The first kappa shape index (κ1) is 25.6. The molecule has 0 aliphatic carbocycles. The fourth-order valence-electron chi connectivity index (χ4n) is 4.00. The van der Waals surface area contributed by atoms with Crippen molar-refractivity contribution in [3.05, 3.63) is 45.1 Å². The molecule has 1 atom stereocenters. The zero-order chi connectivity index (χ0) is 25.0. The van der Waals surface area contributed by atoms with Crippen LogP contribution in [0.5, 0.6) is 0 Å². The summed E-state index contributed by atoms with van der Waals surface area (Å²) in [7, 11) is 1.48. The fraction of sp³-hybridized carbons (Fsp3) is 0.478. The van der Waals surface area contributed by atoms with Crippen molar-refractivity contribution in [2.45, 2.75) is 31.7 Å². The van der Waals surface area contributed by atoms with Gasteiger partial charge in [0, 0.05) is 43.7 Å². The summed E-state index contributed by atoms with van der Waals surface area (Å²) in [6.07, 6.45) is 1.98. The van der Waals surface area contributed by atoms with Crippen LogP contribution in [0.3, 0.4) is 0 Å². The molecular weight excluding hydrogens is 458 g/mol. The number of hydrogen-bond donors (Lipinski definition) is 2. The van der Waals surface area contributed by atoms with Crippen LogP contribution in [0.2, 0.25) is 0 Å². The van der Waals surface area contributed by atoms with Crippen LogP contribution in [-0.2, 0) is 20.9 Å². The van der Waals surface area contributed by atoms with Gasteiger partial charge in [-0.2, -0.15) is 0 Å². The third-order valence-electron chi connectivity index (χ3n) is 5.68. The van der Waals surface area contributed by atoms with Crippen molar-refractivity contribution >= 4 is 40.8 Å². The zero-order valence-electron chi connectivity index (χ0n) is 19.9. The number of nitrogen functional groups attached to an aromatic ring is 1. The molecule has 2 heterocycles. The van der Waals surface area contributed by atoms with Crippen LogP contribution >= 0.6 is 11.8 Å². The Morgan fingerprint density at radius 3 is 2.53 bits per heavy atom. The highest BCUT2D eigenvalue weighted by Gasteiger charge is 2.39. The molecule has 1 aliphatic heterocycles. The van der Waals surface area contributed by atoms with Gasteiger partial charge in [0.2, 0.25) is 11.8 Å². The second kappa shape index (κ2) is 10.9. The molecule has 2 amide bonds. The summed E-state index contributed by atoms with van der Waals surface area (Å²) in [5, 5.41) is 0. The number of benzene rings is 1. The predicted octanol–water partition coefficient (Wildman–Crippen LogP) is 1.53. The van der Waals surface area contributed by atoms with Crippen molar-refractivity contribution in [3.8, 4) is 0 Å². The molecule has 3 N–H and O–H groups in total. The van der Waals surface area contributed by atoms with Crippen LogP contribution in [0, 0.1) is 11.8 Å². The maximum absolute atomic E-state index is 13.6. The standard InChI is InChI=1S/C23H31N5O5S/c1-14(2)12-28-20(24)19(21(30)25-23(28)32)26(9-10-33-3)22(31)15-11-18(29)27(13-15)16-5-7-17(34-4)8-6-16/h5-8,14-15H,9-13,24H2,1-4H3,(H,25,30,32). The molecular formula is C23H31N5O5S. The number of nitrogens with zero attached hydrogens (tertiary/aromatic N) is 3. The van der Waals surface area contributed by atoms with E-state index in [2.05, 4.69) is 4.98 Å². The second-order valence-corrected chi connectivity index (χ2v) is 9.46. The molecule has 1 aromatic heterocycles. The summed E-state index contributed by atoms with van der Waals surface area (Å²) >= 11 is 1.60. The maximum atomic E-state index is 13.6. The number of methoxy groups -OCH3 is 1. The minimum Gasteiger partial charge on any atom is -0.383 e. The Bertz CT molecular complexity index is 1160. The van der Waals surface area contributed by atoms with E-state index in [9.17, 15) is 19.2 Å². The Labute approximate surface area is 202 Å². The van der Waals surface area contributed by atoms with Gasteiger partial charge in [-0.05, 0) is 36.4 Å². The molecule has 2 aromatic rings. The van der Waals surface area contributed by atoms with E-state index in [1.54, 1.807) is 16.7 Å². The minimum atomic E-state index is -0.749. The smallest absolute Gasteiger partial charge is 0.330 e. The second-order valence-electron chi connectivity index (χ2n) is 8.58. The van der Waals surface area contributed by atoms with Crippen molar-refractivity contribution < 1.29 is 14.3 Å². The van der Waals surface area contributed by atoms with E-state index in [1.807, 2.05) is 44.4 Å². The van der Waals surface area contributed by atoms with Crippen LogP contribution in [-0.4, -0.2) is 54.4 Å². The normalized spacial score (nSPS) is 15.9. The highest BCUT2D eigenvalue weighted by molar-refractivity contribution is 7.98. The summed E-state index contributed by atoms with van der Waals surface area (Å²) in [6, 6.07) is 7.55. The van der Waals surface area contributed by atoms with Crippen molar-refractivity contribution in [2.75, 3.05) is 48.6 Å². The molecule has 0 spiro atoms. The number of carbonyl (C=O) groups is 2. The number of rotatable bonds is 9. The monoisotopic (exact) mass is 489 g/mol. The lowest BCUT2D eigenvalue weighted by molar-refractivity contribution is -0.124. The SMILES string of the molecule is COCCN(C(=O)C1CC(=O)N(c2ccc(SC)cc2)C1)c1c(N)n(CC(C)C)c(=O)[nH]c1=O. The fourth-order valence-corrected chi connectivity index (χ4v) is 4.41. The lowest BCUT2D eigenvalue weighted by atomic mass is 10.1. The first-order valence-corrected chi connectivity index (χ1v) is 12.3. The van der Waals surface area contributed by atoms with Crippen LogP contribution < -0.4 is 26.8 Å². The third-order valence-corrected chi connectivity index (χ3v) is 6.42. The van der Waals surface area contributed by atoms with Gasteiger partial charge < -0.3 is 20.3 Å². The quantitative estimate of drug-likeness (QED) is 0.511. The van der Waals surface area contributed by atoms with Gasteiger partial charge >= 0.3 is 5.69 Å². The van der Waals surface area contributed by atoms with E-state index >= 15 is 0 Å². The summed E-state index contributed by atoms with van der Waals surface area (Å²) < 4.78 is 6.40. The van der Waals surface area contributed by atoms with E-state index in [4.69, 9.17) is 10.5 Å². The minimum absolute atomic E-state index is 0.00996. The highest BCUT2D eigenvalue weighted by Crippen LogP contribution is 2.29. The number of carbonyl (C=O) groups excluding carboxylic acids is 2. The molecule has 11 heteroatoms. The number of H-pyrrole nitrogens is 1. The van der Waals surface area contributed by atoms with Crippen molar-refractivity contribution in [1.29, 1.82) is 0 Å². The van der Waals surface area contributed by atoms with Crippen LogP contribution in [0.1, 0.15) is 20.3 Å². The van der Waals surface area contributed by atoms with Gasteiger partial charge in [-0.3, -0.25) is 23.9 Å². The summed E-state index contributed by atoms with van der Waals surface area (Å²) in [6.45, 7) is 4.49. The van der Waals surface area contributed by atoms with Crippen molar-refractivity contribution in [1.82, 2.24) is 9.55 Å². The number of amides is 2. The number of anilines is 3. The first-order chi connectivity index (χ1) is 16.2. The van der Waals surface area contributed by atoms with Gasteiger partial charge in [0.1, 0.15) is 5.82 Å². The molecule has 1 aromatic carbocycles. The third kappa shape index (κ3) is 5.36. The van der Waals surface area contributed by atoms with Gasteiger partial charge in [-0.1, -0.05) is 13.8 Å². The summed E-state index contributed by atoms with van der Waals surface area (Å²) in [5.74, 6) is -1.26. The van der Waals surface area contributed by atoms with Gasteiger partial charge in [0.25, 0.3) is 5.56 Å². The number of hydrogen-bond acceptors (Lipinski definition) is 7. The molecule has 1 fully saturated rings. The summed E-state index contributed by atoms with van der Waals surface area (Å²) in [4.78, 5) is 57.6. The van der Waals surface area contributed by atoms with Crippen LogP contribution in [0.4, 0.5) is 17.2 Å². The lowest BCUT2D eigenvalue weighted by Gasteiger charge is -2.27. The Kier molecular flexibility index (Phi) is 8.21. The number of ether oxygens (including phenoxy) is 1. The molecule has 1 saturated heterocycles. The topological polar surface area (TPSA) is 131 Å². The average Bonchev–Trinajstić information content (AvgIpc) is 3.19. The largest absolute Gasteiger partial charge is 0.383 e. The van der Waals surface area contributed by atoms with Crippen LogP contribution in [0.15, 0.2) is 38.8 Å². The average molecular weight is 490 g/mol. The number of aromatic amines is 1.